The molecule has 0 spiro atoms. The van der Waals surface area contributed by atoms with Crippen LogP contribution in [0.15, 0.2) is 30.5 Å². The van der Waals surface area contributed by atoms with Crippen molar-refractivity contribution in [2.45, 2.75) is 13.0 Å². The molecule has 1 amide bonds. The van der Waals surface area contributed by atoms with Crippen LogP contribution in [0.4, 0.5) is 11.6 Å². The number of nitrogen functional groups attached to an aromatic ring is 1. The number of ether oxygens (including phenoxy) is 1. The van der Waals surface area contributed by atoms with Crippen molar-refractivity contribution in [3.63, 3.8) is 0 Å². The lowest BCUT2D eigenvalue weighted by Crippen LogP contribution is -2.34. The maximum atomic E-state index is 11.6. The summed E-state index contributed by atoms with van der Waals surface area (Å²) in [5.41, 5.74) is 7.73. The molecule has 6 heteroatoms. The second-order valence-corrected chi connectivity index (χ2v) is 4.26. The summed E-state index contributed by atoms with van der Waals surface area (Å²) < 4.78 is 5.49. The number of nitrogens with two attached hydrogens (primary N) is 1. The van der Waals surface area contributed by atoms with Gasteiger partial charge >= 0.3 is 0 Å². The van der Waals surface area contributed by atoms with Gasteiger partial charge in [0.1, 0.15) is 5.75 Å². The highest BCUT2D eigenvalue weighted by Crippen LogP contribution is 2.33. The van der Waals surface area contributed by atoms with E-state index in [9.17, 15) is 4.79 Å². The van der Waals surface area contributed by atoms with Gasteiger partial charge in [-0.05, 0) is 31.2 Å². The molecule has 1 aromatic heterocycles. The Bertz CT molecular complexity index is 657. The van der Waals surface area contributed by atoms with Crippen LogP contribution in [0.1, 0.15) is 6.92 Å². The number of rotatable bonds is 1. The first-order valence-corrected chi connectivity index (χ1v) is 5.84. The van der Waals surface area contributed by atoms with Crippen molar-refractivity contribution in [3.8, 4) is 17.0 Å². The summed E-state index contributed by atoms with van der Waals surface area (Å²) in [5, 5.41) is 2.80. The molecule has 96 valence electrons. The van der Waals surface area contributed by atoms with Crippen LogP contribution >= 0.6 is 0 Å². The summed E-state index contributed by atoms with van der Waals surface area (Å²) in [6.45, 7) is 1.71. The molecule has 1 aliphatic heterocycles. The highest BCUT2D eigenvalue weighted by Gasteiger charge is 2.23. The number of hydrogen-bond acceptors (Lipinski definition) is 5. The summed E-state index contributed by atoms with van der Waals surface area (Å²) in [5.74, 6) is 0.703. The molecule has 1 atom stereocenters. The lowest BCUT2D eigenvalue weighted by atomic mass is 10.1. The fourth-order valence-corrected chi connectivity index (χ4v) is 1.90. The third kappa shape index (κ3) is 2.08. The van der Waals surface area contributed by atoms with Crippen LogP contribution in [0, 0.1) is 0 Å². The molecule has 0 saturated carbocycles. The van der Waals surface area contributed by atoms with E-state index in [-0.39, 0.29) is 11.9 Å². The summed E-state index contributed by atoms with van der Waals surface area (Å²) in [6, 6.07) is 7.23. The second kappa shape index (κ2) is 4.24. The van der Waals surface area contributed by atoms with Gasteiger partial charge in [0.25, 0.3) is 5.91 Å². The molecule has 1 aromatic carbocycles. The van der Waals surface area contributed by atoms with E-state index in [2.05, 4.69) is 15.3 Å². The van der Waals surface area contributed by atoms with Crippen LogP contribution in [0.25, 0.3) is 11.3 Å². The van der Waals surface area contributed by atoms with E-state index in [0.717, 1.165) is 5.56 Å². The number of nitrogens with one attached hydrogen (secondary N) is 1. The first-order valence-electron chi connectivity index (χ1n) is 5.84. The topological polar surface area (TPSA) is 90.1 Å². The summed E-state index contributed by atoms with van der Waals surface area (Å²) >= 11 is 0. The average molecular weight is 256 g/mol. The second-order valence-electron chi connectivity index (χ2n) is 4.26. The van der Waals surface area contributed by atoms with Crippen LogP contribution in [0.3, 0.4) is 0 Å². The number of fused-ring (bicyclic) bond motifs is 1. The standard InChI is InChI=1S/C13H12N4O2/c1-7-12(18)16-10-6-8(2-3-11(10)19-7)9-4-5-15-13(14)17-9/h2-7H,1H3,(H,16,18)(H2,14,15,17). The maximum Gasteiger partial charge on any atom is 0.265 e. The van der Waals surface area contributed by atoms with Crippen molar-refractivity contribution >= 4 is 17.5 Å². The van der Waals surface area contributed by atoms with E-state index in [1.807, 2.05) is 6.07 Å². The zero-order valence-corrected chi connectivity index (χ0v) is 10.3. The molecule has 6 nitrogen and oxygen atoms in total. The van der Waals surface area contributed by atoms with E-state index in [4.69, 9.17) is 10.5 Å². The van der Waals surface area contributed by atoms with Crippen LogP contribution in [0.5, 0.6) is 5.75 Å². The fraction of sp³-hybridized carbons (Fsp3) is 0.154. The Kier molecular flexibility index (Phi) is 2.56. The molecular formula is C13H12N4O2. The molecule has 1 aliphatic rings. The van der Waals surface area contributed by atoms with E-state index >= 15 is 0 Å². The SMILES string of the molecule is CC1Oc2ccc(-c3ccnc(N)n3)cc2NC1=O. The lowest BCUT2D eigenvalue weighted by molar-refractivity contribution is -0.122. The number of carbonyl (C=O) groups excluding carboxylic acids is 1. The largest absolute Gasteiger partial charge is 0.479 e. The minimum Gasteiger partial charge on any atom is -0.479 e. The number of anilines is 2. The first-order chi connectivity index (χ1) is 9.13. The average Bonchev–Trinajstić information content (AvgIpc) is 2.39. The number of aromatic nitrogens is 2. The van der Waals surface area contributed by atoms with Crippen molar-refractivity contribution < 1.29 is 9.53 Å². The van der Waals surface area contributed by atoms with Crippen molar-refractivity contribution in [1.29, 1.82) is 0 Å². The highest BCUT2D eigenvalue weighted by atomic mass is 16.5. The van der Waals surface area contributed by atoms with Gasteiger partial charge in [-0.15, -0.1) is 0 Å². The fourth-order valence-electron chi connectivity index (χ4n) is 1.90. The van der Waals surface area contributed by atoms with Crippen LogP contribution < -0.4 is 15.8 Å². The van der Waals surface area contributed by atoms with Gasteiger partial charge in [0.15, 0.2) is 6.10 Å². The zero-order chi connectivity index (χ0) is 13.4. The van der Waals surface area contributed by atoms with Gasteiger partial charge in [-0.3, -0.25) is 4.79 Å². The Balaban J connectivity index is 2.02. The Morgan fingerprint density at radius 1 is 1.37 bits per heavy atom. The molecule has 3 N–H and O–H groups in total. The third-order valence-corrected chi connectivity index (χ3v) is 2.88. The van der Waals surface area contributed by atoms with Gasteiger partial charge in [-0.1, -0.05) is 0 Å². The van der Waals surface area contributed by atoms with E-state index in [1.165, 1.54) is 0 Å². The summed E-state index contributed by atoms with van der Waals surface area (Å²) in [7, 11) is 0. The molecule has 0 fully saturated rings. The predicted molar refractivity (Wildman–Crippen MR) is 70.6 cm³/mol. The minimum absolute atomic E-state index is 0.160. The molecule has 2 aromatic rings. The Morgan fingerprint density at radius 2 is 2.21 bits per heavy atom. The molecule has 0 aliphatic carbocycles. The molecular weight excluding hydrogens is 244 g/mol. The third-order valence-electron chi connectivity index (χ3n) is 2.88. The van der Waals surface area contributed by atoms with E-state index in [0.29, 0.717) is 17.1 Å². The number of carbonyl (C=O) groups is 1. The first kappa shape index (κ1) is 11.5. The van der Waals surface area contributed by atoms with Gasteiger partial charge in [-0.25, -0.2) is 9.97 Å². The smallest absolute Gasteiger partial charge is 0.265 e. The number of amides is 1. The van der Waals surface area contributed by atoms with Gasteiger partial charge in [0.2, 0.25) is 5.95 Å². The molecule has 19 heavy (non-hydrogen) atoms. The number of benzene rings is 1. The lowest BCUT2D eigenvalue weighted by Gasteiger charge is -2.23. The normalized spacial score (nSPS) is 17.3. The molecule has 0 radical (unpaired) electrons. The van der Waals surface area contributed by atoms with Gasteiger partial charge in [0.05, 0.1) is 11.4 Å². The van der Waals surface area contributed by atoms with Crippen molar-refractivity contribution in [2.75, 3.05) is 11.1 Å². The molecule has 3 rings (SSSR count). The van der Waals surface area contributed by atoms with E-state index < -0.39 is 6.10 Å². The Morgan fingerprint density at radius 3 is 3.00 bits per heavy atom. The highest BCUT2D eigenvalue weighted by molar-refractivity contribution is 5.98. The maximum absolute atomic E-state index is 11.6. The van der Waals surface area contributed by atoms with E-state index in [1.54, 1.807) is 31.3 Å². The summed E-state index contributed by atoms with van der Waals surface area (Å²) in [6.07, 6.45) is 1.11. The van der Waals surface area contributed by atoms with Crippen molar-refractivity contribution in [2.24, 2.45) is 0 Å². The predicted octanol–water partition coefficient (Wildman–Crippen LogP) is 1.45. The molecule has 2 heterocycles. The Hall–Kier alpha value is -2.63. The molecule has 0 saturated heterocycles. The number of nitrogens with zero attached hydrogens (tertiary/aromatic N) is 2. The van der Waals surface area contributed by atoms with Crippen molar-refractivity contribution in [3.05, 3.63) is 30.5 Å². The van der Waals surface area contributed by atoms with Crippen molar-refractivity contribution in [1.82, 2.24) is 9.97 Å². The molecule has 1 unspecified atom stereocenters. The Labute approximate surface area is 109 Å². The van der Waals surface area contributed by atoms with Crippen LogP contribution in [0.2, 0.25) is 0 Å². The quantitative estimate of drug-likeness (QED) is 0.805. The number of hydrogen-bond donors (Lipinski definition) is 2. The summed E-state index contributed by atoms with van der Waals surface area (Å²) in [4.78, 5) is 19.6. The van der Waals surface area contributed by atoms with Crippen LogP contribution in [-0.2, 0) is 4.79 Å². The monoisotopic (exact) mass is 256 g/mol. The molecule has 0 bridgehead atoms. The zero-order valence-electron chi connectivity index (χ0n) is 10.3. The van der Waals surface area contributed by atoms with Crippen LogP contribution in [-0.4, -0.2) is 22.0 Å². The minimum atomic E-state index is -0.479. The van der Waals surface area contributed by atoms with Gasteiger partial charge in [0, 0.05) is 11.8 Å². The van der Waals surface area contributed by atoms with Gasteiger partial charge in [-0.2, -0.15) is 0 Å². The van der Waals surface area contributed by atoms with Gasteiger partial charge < -0.3 is 15.8 Å².